The van der Waals surface area contributed by atoms with Crippen molar-refractivity contribution >= 4 is 34.0 Å². The minimum atomic E-state index is -0.956. The fourth-order valence-corrected chi connectivity index (χ4v) is 5.18. The summed E-state index contributed by atoms with van der Waals surface area (Å²) in [5.41, 5.74) is 5.74. The Labute approximate surface area is 218 Å². The Kier molecular flexibility index (Phi) is 7.28. The summed E-state index contributed by atoms with van der Waals surface area (Å²) >= 11 is 3.40. The lowest BCUT2D eigenvalue weighted by Crippen LogP contribution is -2.59. The van der Waals surface area contributed by atoms with Gasteiger partial charge in [0.25, 0.3) is 11.8 Å². The molecule has 0 saturated heterocycles. The van der Waals surface area contributed by atoms with E-state index < -0.39 is 11.5 Å². The first-order valence-corrected chi connectivity index (χ1v) is 12.6. The van der Waals surface area contributed by atoms with Gasteiger partial charge in [-0.05, 0) is 75.3 Å². The van der Waals surface area contributed by atoms with E-state index in [9.17, 15) is 14.7 Å². The summed E-state index contributed by atoms with van der Waals surface area (Å²) in [5.74, 6) is 0.182. The molecule has 3 aliphatic rings. The van der Waals surface area contributed by atoms with Gasteiger partial charge in [0.05, 0.1) is 28.5 Å². The van der Waals surface area contributed by atoms with E-state index in [-0.39, 0.29) is 35.6 Å². The first-order chi connectivity index (χ1) is 17.0. The van der Waals surface area contributed by atoms with E-state index in [1.807, 2.05) is 0 Å². The number of ether oxygens (including phenoxy) is 2. The van der Waals surface area contributed by atoms with Gasteiger partial charge >= 0.3 is 0 Å². The van der Waals surface area contributed by atoms with E-state index in [1.165, 1.54) is 0 Å². The molecule has 1 spiro atoms. The highest BCUT2D eigenvalue weighted by atomic mass is 79.9. The van der Waals surface area contributed by atoms with Crippen LogP contribution in [0.4, 0.5) is 0 Å². The van der Waals surface area contributed by atoms with Crippen LogP contribution < -0.4 is 21.1 Å². The van der Waals surface area contributed by atoms with Crippen LogP contribution in [0.15, 0.2) is 58.1 Å². The average Bonchev–Trinajstić information content (AvgIpc) is 2.75. The molecule has 1 heterocycles. The highest BCUT2D eigenvalue weighted by Gasteiger charge is 2.54. The minimum Gasteiger partial charge on any atom is -0.490 e. The standard InChI is InChI=1S/C26H31BrN4O5/c1-25(2,34)14-35-17-4-6-21(30-13-17)20(12-28)24(33)31-16-8-26(9-16)10-18(11-26)36-22-7-15(27)3-5-19(22)23(29)32/h3-7,12-13,16,18,28,30,34H,8-11,14H2,1-2H3,(H2,29,32)(H,31,33)/b21-20+,28-12?. The molecule has 4 rings (SSSR count). The van der Waals surface area contributed by atoms with Gasteiger partial charge in [-0.3, -0.25) is 9.59 Å². The van der Waals surface area contributed by atoms with Gasteiger partial charge < -0.3 is 36.4 Å². The molecule has 2 amide bonds. The first kappa shape index (κ1) is 26.0. The normalized spacial score (nSPS) is 26.1. The zero-order valence-electron chi connectivity index (χ0n) is 20.3. The third-order valence-corrected chi connectivity index (χ3v) is 7.07. The summed E-state index contributed by atoms with van der Waals surface area (Å²) in [6, 6.07) is 5.20. The number of primary amides is 1. The number of aliphatic hydroxyl groups is 1. The zero-order chi connectivity index (χ0) is 26.1. The summed E-state index contributed by atoms with van der Waals surface area (Å²) in [6.45, 7) is 3.44. The molecule has 2 saturated carbocycles. The number of carbonyl (C=O) groups is 2. The summed E-state index contributed by atoms with van der Waals surface area (Å²) in [4.78, 5) is 24.5. The molecule has 192 valence electrons. The molecule has 0 aromatic heterocycles. The molecular formula is C26H31BrN4O5. The predicted octanol–water partition coefficient (Wildman–Crippen LogP) is 3.05. The number of rotatable bonds is 9. The average molecular weight is 559 g/mol. The Hall–Kier alpha value is -3.11. The smallest absolute Gasteiger partial charge is 0.255 e. The topological polar surface area (TPSA) is 147 Å². The monoisotopic (exact) mass is 558 g/mol. The van der Waals surface area contributed by atoms with Crippen LogP contribution in [0.5, 0.6) is 5.75 Å². The fraction of sp³-hybridized carbons (Fsp3) is 0.423. The van der Waals surface area contributed by atoms with E-state index in [0.29, 0.717) is 22.8 Å². The number of halogens is 1. The van der Waals surface area contributed by atoms with Gasteiger partial charge in [0.1, 0.15) is 18.1 Å². The minimum absolute atomic E-state index is 0.00416. The van der Waals surface area contributed by atoms with Crippen molar-refractivity contribution in [1.29, 1.82) is 5.41 Å². The Balaban J connectivity index is 1.26. The largest absolute Gasteiger partial charge is 0.490 e. The van der Waals surface area contributed by atoms with Crippen molar-refractivity contribution in [3.63, 3.8) is 0 Å². The van der Waals surface area contributed by atoms with Crippen LogP contribution in [0.2, 0.25) is 0 Å². The molecule has 0 bridgehead atoms. The second kappa shape index (κ2) is 10.1. The lowest BCUT2D eigenvalue weighted by molar-refractivity contribution is -0.123. The number of hydrogen-bond donors (Lipinski definition) is 5. The van der Waals surface area contributed by atoms with Crippen LogP contribution in [0.3, 0.4) is 0 Å². The van der Waals surface area contributed by atoms with Crippen molar-refractivity contribution in [1.82, 2.24) is 10.6 Å². The molecule has 0 unspecified atom stereocenters. The number of carbonyl (C=O) groups excluding carboxylic acids is 2. The summed E-state index contributed by atoms with van der Waals surface area (Å²) in [7, 11) is 0. The van der Waals surface area contributed by atoms with Crippen molar-refractivity contribution in [3.8, 4) is 5.75 Å². The zero-order valence-corrected chi connectivity index (χ0v) is 21.9. The maximum absolute atomic E-state index is 12.8. The third-order valence-electron chi connectivity index (χ3n) is 6.57. The number of benzene rings is 1. The molecule has 2 fully saturated rings. The molecule has 2 aliphatic carbocycles. The number of nitrogens with two attached hydrogens (primary N) is 1. The van der Waals surface area contributed by atoms with Gasteiger partial charge in [-0.2, -0.15) is 0 Å². The summed E-state index contributed by atoms with van der Waals surface area (Å²) < 4.78 is 12.4. The van der Waals surface area contributed by atoms with Gasteiger partial charge in [-0.1, -0.05) is 15.9 Å². The molecule has 1 aliphatic heterocycles. The van der Waals surface area contributed by atoms with Gasteiger partial charge in [0.15, 0.2) is 0 Å². The highest BCUT2D eigenvalue weighted by Crippen LogP contribution is 2.57. The molecule has 9 nitrogen and oxygen atoms in total. The molecular weight excluding hydrogens is 528 g/mol. The molecule has 10 heteroatoms. The Morgan fingerprint density at radius 1 is 1.31 bits per heavy atom. The van der Waals surface area contributed by atoms with Crippen LogP contribution in [0, 0.1) is 10.8 Å². The number of dihydropyridines is 1. The molecule has 0 atom stereocenters. The van der Waals surface area contributed by atoms with Crippen molar-refractivity contribution in [3.05, 3.63) is 63.6 Å². The Morgan fingerprint density at radius 3 is 2.61 bits per heavy atom. The quantitative estimate of drug-likeness (QED) is 0.232. The van der Waals surface area contributed by atoms with E-state index in [0.717, 1.165) is 36.4 Å². The van der Waals surface area contributed by atoms with Crippen molar-refractivity contribution in [2.75, 3.05) is 6.61 Å². The fourth-order valence-electron chi connectivity index (χ4n) is 4.84. The number of allylic oxidation sites excluding steroid dienone is 2. The molecule has 1 aromatic rings. The first-order valence-electron chi connectivity index (χ1n) is 11.8. The van der Waals surface area contributed by atoms with E-state index in [1.54, 1.807) is 50.4 Å². The SMILES string of the molecule is CC(C)(O)COC1=CN/C(=C(\C=N)C(=O)NC2CC3(C2)CC(Oc2cc(Br)ccc2C(N)=O)C3)C=C1. The molecule has 1 aromatic carbocycles. The van der Waals surface area contributed by atoms with Crippen LogP contribution in [-0.2, 0) is 9.53 Å². The van der Waals surface area contributed by atoms with Gasteiger partial charge in [-0.15, -0.1) is 0 Å². The lowest BCUT2D eigenvalue weighted by Gasteiger charge is -2.57. The number of nitrogens with one attached hydrogen (secondary N) is 3. The van der Waals surface area contributed by atoms with Crippen LogP contribution in [-0.4, -0.2) is 47.5 Å². The maximum atomic E-state index is 12.8. The lowest BCUT2D eigenvalue weighted by atomic mass is 9.53. The van der Waals surface area contributed by atoms with E-state index in [2.05, 4.69) is 26.6 Å². The Bertz CT molecular complexity index is 1150. The van der Waals surface area contributed by atoms with Crippen LogP contribution >= 0.6 is 15.9 Å². The van der Waals surface area contributed by atoms with E-state index >= 15 is 0 Å². The molecule has 36 heavy (non-hydrogen) atoms. The summed E-state index contributed by atoms with van der Waals surface area (Å²) in [5, 5.41) is 23.5. The van der Waals surface area contributed by atoms with Crippen molar-refractivity contribution in [2.24, 2.45) is 11.1 Å². The Morgan fingerprint density at radius 2 is 2.03 bits per heavy atom. The molecule has 0 radical (unpaired) electrons. The maximum Gasteiger partial charge on any atom is 0.255 e. The van der Waals surface area contributed by atoms with Gasteiger partial charge in [0, 0.05) is 22.9 Å². The second-order valence-electron chi connectivity index (χ2n) is 10.3. The highest BCUT2D eigenvalue weighted by molar-refractivity contribution is 9.10. The summed E-state index contributed by atoms with van der Waals surface area (Å²) in [6.07, 6.45) is 9.40. The third kappa shape index (κ3) is 5.99. The second-order valence-corrected chi connectivity index (χ2v) is 11.2. The van der Waals surface area contributed by atoms with Crippen LogP contribution in [0.25, 0.3) is 0 Å². The predicted molar refractivity (Wildman–Crippen MR) is 138 cm³/mol. The van der Waals surface area contributed by atoms with Gasteiger partial charge in [-0.25, -0.2) is 0 Å². The van der Waals surface area contributed by atoms with Crippen molar-refractivity contribution < 1.29 is 24.2 Å². The van der Waals surface area contributed by atoms with E-state index in [4.69, 9.17) is 20.6 Å². The molecule has 6 N–H and O–H groups in total. The van der Waals surface area contributed by atoms with Gasteiger partial charge in [0.2, 0.25) is 0 Å². The number of hydrogen-bond acceptors (Lipinski definition) is 7. The number of amides is 2. The van der Waals surface area contributed by atoms with Crippen molar-refractivity contribution in [2.45, 2.75) is 57.3 Å². The van der Waals surface area contributed by atoms with Crippen LogP contribution in [0.1, 0.15) is 49.9 Å².